The van der Waals surface area contributed by atoms with Crippen molar-refractivity contribution in [2.45, 2.75) is 6.54 Å². The molecule has 1 N–H and O–H groups in total. The SMILES string of the molecule is N#Cc1cccc(NC(=O)C(=O)N(Cc2ccccc2)c2ccccc2)c1. The van der Waals surface area contributed by atoms with Gasteiger partial charge in [-0.05, 0) is 35.9 Å². The molecule has 0 heterocycles. The Hall–Kier alpha value is -3.91. The second kappa shape index (κ2) is 8.45. The molecule has 0 fully saturated rings. The van der Waals surface area contributed by atoms with E-state index in [1.165, 1.54) is 11.0 Å². The first-order valence-corrected chi connectivity index (χ1v) is 8.39. The number of anilines is 2. The molecule has 0 aromatic heterocycles. The zero-order valence-electron chi connectivity index (χ0n) is 14.5. The predicted molar refractivity (Wildman–Crippen MR) is 104 cm³/mol. The Kier molecular flexibility index (Phi) is 5.60. The van der Waals surface area contributed by atoms with E-state index in [1.54, 1.807) is 30.3 Å². The highest BCUT2D eigenvalue weighted by atomic mass is 16.2. The summed E-state index contributed by atoms with van der Waals surface area (Å²) in [7, 11) is 0. The monoisotopic (exact) mass is 355 g/mol. The van der Waals surface area contributed by atoms with Crippen molar-refractivity contribution >= 4 is 23.2 Å². The van der Waals surface area contributed by atoms with Gasteiger partial charge in [0.2, 0.25) is 0 Å². The van der Waals surface area contributed by atoms with Crippen LogP contribution in [0.1, 0.15) is 11.1 Å². The molecule has 0 aliphatic carbocycles. The Balaban J connectivity index is 1.83. The normalized spacial score (nSPS) is 9.89. The van der Waals surface area contributed by atoms with E-state index >= 15 is 0 Å². The molecule has 0 atom stereocenters. The largest absolute Gasteiger partial charge is 0.318 e. The van der Waals surface area contributed by atoms with Gasteiger partial charge in [0.1, 0.15) is 0 Å². The lowest BCUT2D eigenvalue weighted by atomic mass is 10.2. The number of amides is 2. The number of hydrogen-bond donors (Lipinski definition) is 1. The average Bonchev–Trinajstić information content (AvgIpc) is 2.73. The zero-order valence-corrected chi connectivity index (χ0v) is 14.5. The third-order valence-corrected chi connectivity index (χ3v) is 3.94. The molecule has 5 nitrogen and oxygen atoms in total. The molecule has 3 aromatic rings. The molecule has 3 aromatic carbocycles. The van der Waals surface area contributed by atoms with Crippen LogP contribution < -0.4 is 10.2 Å². The molecule has 27 heavy (non-hydrogen) atoms. The molecule has 0 spiro atoms. The van der Waals surface area contributed by atoms with E-state index < -0.39 is 11.8 Å². The van der Waals surface area contributed by atoms with Crippen LogP contribution in [0.5, 0.6) is 0 Å². The van der Waals surface area contributed by atoms with Crippen molar-refractivity contribution in [2.75, 3.05) is 10.2 Å². The van der Waals surface area contributed by atoms with Crippen LogP contribution in [0.25, 0.3) is 0 Å². The predicted octanol–water partition coefficient (Wildman–Crippen LogP) is 3.73. The number of nitrogens with zero attached hydrogens (tertiary/aromatic N) is 2. The molecule has 0 saturated heterocycles. The van der Waals surface area contributed by atoms with Gasteiger partial charge >= 0.3 is 11.8 Å². The molecule has 0 unspecified atom stereocenters. The third kappa shape index (κ3) is 4.59. The summed E-state index contributed by atoms with van der Waals surface area (Å²) < 4.78 is 0. The van der Waals surface area contributed by atoms with Crippen LogP contribution in [-0.4, -0.2) is 11.8 Å². The molecular formula is C22H17N3O2. The number of nitriles is 1. The fourth-order valence-corrected chi connectivity index (χ4v) is 2.63. The topological polar surface area (TPSA) is 73.2 Å². The van der Waals surface area contributed by atoms with E-state index in [-0.39, 0.29) is 6.54 Å². The molecular weight excluding hydrogens is 338 g/mol. The maximum atomic E-state index is 12.9. The van der Waals surface area contributed by atoms with Crippen molar-refractivity contribution < 1.29 is 9.59 Å². The molecule has 0 aliphatic heterocycles. The number of para-hydroxylation sites is 1. The number of carbonyl (C=O) groups is 2. The fraction of sp³-hybridized carbons (Fsp3) is 0.0455. The van der Waals surface area contributed by atoms with Gasteiger partial charge < -0.3 is 5.32 Å². The van der Waals surface area contributed by atoms with Gasteiger partial charge in [0.05, 0.1) is 18.2 Å². The van der Waals surface area contributed by atoms with Gasteiger partial charge in [-0.3, -0.25) is 14.5 Å². The third-order valence-electron chi connectivity index (χ3n) is 3.94. The Morgan fingerprint density at radius 2 is 1.56 bits per heavy atom. The smallest absolute Gasteiger partial charge is 0.316 e. The van der Waals surface area contributed by atoms with Crippen LogP contribution in [0.2, 0.25) is 0 Å². The summed E-state index contributed by atoms with van der Waals surface area (Å²) in [6.45, 7) is 0.273. The average molecular weight is 355 g/mol. The van der Waals surface area contributed by atoms with Crippen molar-refractivity contribution in [3.8, 4) is 6.07 Å². The van der Waals surface area contributed by atoms with E-state index in [4.69, 9.17) is 5.26 Å². The quantitative estimate of drug-likeness (QED) is 0.725. The molecule has 0 aliphatic rings. The number of benzene rings is 3. The van der Waals surface area contributed by atoms with Gasteiger partial charge in [0, 0.05) is 11.4 Å². The highest BCUT2D eigenvalue weighted by Gasteiger charge is 2.23. The second-order valence-electron chi connectivity index (χ2n) is 5.86. The van der Waals surface area contributed by atoms with Gasteiger partial charge in [-0.1, -0.05) is 54.6 Å². The summed E-state index contributed by atoms with van der Waals surface area (Å²) in [5, 5.41) is 11.5. The standard InChI is InChI=1S/C22H17N3O2/c23-15-18-10-7-11-19(14-18)24-21(26)22(27)25(20-12-5-2-6-13-20)16-17-8-3-1-4-9-17/h1-14H,16H2,(H,24,26). The summed E-state index contributed by atoms with van der Waals surface area (Å²) in [6, 6.07) is 27.0. The summed E-state index contributed by atoms with van der Waals surface area (Å²) in [4.78, 5) is 26.8. The maximum absolute atomic E-state index is 12.9. The number of rotatable bonds is 4. The van der Waals surface area contributed by atoms with Crippen LogP contribution in [0.15, 0.2) is 84.9 Å². The Morgan fingerprint density at radius 3 is 2.22 bits per heavy atom. The summed E-state index contributed by atoms with van der Waals surface area (Å²) in [6.07, 6.45) is 0. The highest BCUT2D eigenvalue weighted by Crippen LogP contribution is 2.18. The van der Waals surface area contributed by atoms with Crippen molar-refractivity contribution in [3.63, 3.8) is 0 Å². The lowest BCUT2D eigenvalue weighted by molar-refractivity contribution is -0.134. The fourth-order valence-electron chi connectivity index (χ4n) is 2.63. The minimum Gasteiger partial charge on any atom is -0.318 e. The first-order chi connectivity index (χ1) is 13.2. The number of nitrogens with one attached hydrogen (secondary N) is 1. The Morgan fingerprint density at radius 1 is 0.889 bits per heavy atom. The van der Waals surface area contributed by atoms with Crippen molar-refractivity contribution in [1.29, 1.82) is 5.26 Å². The molecule has 5 heteroatoms. The zero-order chi connectivity index (χ0) is 19.1. The van der Waals surface area contributed by atoms with E-state index in [0.29, 0.717) is 16.9 Å². The van der Waals surface area contributed by atoms with Gasteiger partial charge in [-0.15, -0.1) is 0 Å². The van der Waals surface area contributed by atoms with Crippen LogP contribution >= 0.6 is 0 Å². The van der Waals surface area contributed by atoms with Crippen molar-refractivity contribution in [1.82, 2.24) is 0 Å². The lowest BCUT2D eigenvalue weighted by Crippen LogP contribution is -2.39. The molecule has 2 amide bonds. The molecule has 0 bridgehead atoms. The van der Waals surface area contributed by atoms with E-state index in [9.17, 15) is 9.59 Å². The van der Waals surface area contributed by atoms with Crippen molar-refractivity contribution in [3.05, 3.63) is 96.1 Å². The summed E-state index contributed by atoms with van der Waals surface area (Å²) >= 11 is 0. The van der Waals surface area contributed by atoms with Gasteiger partial charge in [0.25, 0.3) is 0 Å². The maximum Gasteiger partial charge on any atom is 0.316 e. The van der Waals surface area contributed by atoms with Crippen LogP contribution in [0.3, 0.4) is 0 Å². The van der Waals surface area contributed by atoms with E-state index in [2.05, 4.69) is 5.32 Å². The van der Waals surface area contributed by atoms with Gasteiger partial charge in [-0.2, -0.15) is 5.26 Å². The van der Waals surface area contributed by atoms with E-state index in [1.807, 2.05) is 54.6 Å². The van der Waals surface area contributed by atoms with Crippen LogP contribution in [-0.2, 0) is 16.1 Å². The Labute approximate surface area is 157 Å². The highest BCUT2D eigenvalue weighted by molar-refractivity contribution is 6.44. The summed E-state index contributed by atoms with van der Waals surface area (Å²) in [5.41, 5.74) is 2.35. The van der Waals surface area contributed by atoms with Crippen LogP contribution in [0.4, 0.5) is 11.4 Å². The van der Waals surface area contributed by atoms with E-state index in [0.717, 1.165) is 5.56 Å². The molecule has 132 valence electrons. The molecule has 3 rings (SSSR count). The lowest BCUT2D eigenvalue weighted by Gasteiger charge is -2.22. The molecule has 0 radical (unpaired) electrons. The minimum absolute atomic E-state index is 0.273. The number of hydrogen-bond acceptors (Lipinski definition) is 3. The second-order valence-corrected chi connectivity index (χ2v) is 5.86. The van der Waals surface area contributed by atoms with Gasteiger partial charge in [-0.25, -0.2) is 0 Å². The van der Waals surface area contributed by atoms with Crippen LogP contribution in [0, 0.1) is 11.3 Å². The Bertz CT molecular complexity index is 979. The summed E-state index contributed by atoms with van der Waals surface area (Å²) in [5.74, 6) is -1.43. The first kappa shape index (κ1) is 17.9. The molecule has 0 saturated carbocycles. The number of carbonyl (C=O) groups excluding carboxylic acids is 2. The van der Waals surface area contributed by atoms with Crippen molar-refractivity contribution in [2.24, 2.45) is 0 Å². The van der Waals surface area contributed by atoms with Gasteiger partial charge in [0.15, 0.2) is 0 Å². The minimum atomic E-state index is -0.759. The first-order valence-electron chi connectivity index (χ1n) is 8.39.